The number of hydrogen-bond donors (Lipinski definition) is 1. The van der Waals surface area contributed by atoms with Crippen LogP contribution in [0, 0.1) is 0 Å². The second-order valence-corrected chi connectivity index (χ2v) is 6.31. The summed E-state index contributed by atoms with van der Waals surface area (Å²) in [6, 6.07) is 17.3. The SMILES string of the molecule is CCc1ccc(Nc2c3c(nc4ccccc24)CCCC3)cc1. The Morgan fingerprint density at radius 1 is 0.957 bits per heavy atom. The summed E-state index contributed by atoms with van der Waals surface area (Å²) in [7, 11) is 0. The van der Waals surface area contributed by atoms with Gasteiger partial charge in [0.05, 0.1) is 11.2 Å². The maximum Gasteiger partial charge on any atom is 0.0726 e. The normalized spacial score (nSPS) is 13.8. The summed E-state index contributed by atoms with van der Waals surface area (Å²) in [5.74, 6) is 0. The highest BCUT2D eigenvalue weighted by Gasteiger charge is 2.18. The molecule has 0 radical (unpaired) electrons. The van der Waals surface area contributed by atoms with Gasteiger partial charge in [-0.05, 0) is 61.4 Å². The number of hydrogen-bond acceptors (Lipinski definition) is 2. The molecule has 0 saturated heterocycles. The van der Waals surface area contributed by atoms with Gasteiger partial charge in [-0.25, -0.2) is 0 Å². The Labute approximate surface area is 137 Å². The first-order valence-electron chi connectivity index (χ1n) is 8.61. The van der Waals surface area contributed by atoms with Crippen molar-refractivity contribution < 1.29 is 0 Å². The average Bonchev–Trinajstić information content (AvgIpc) is 2.62. The Morgan fingerprint density at radius 2 is 1.74 bits per heavy atom. The number of rotatable bonds is 3. The van der Waals surface area contributed by atoms with Crippen LogP contribution >= 0.6 is 0 Å². The van der Waals surface area contributed by atoms with Gasteiger partial charge >= 0.3 is 0 Å². The minimum absolute atomic E-state index is 1.08. The predicted molar refractivity (Wildman–Crippen MR) is 97.5 cm³/mol. The van der Waals surface area contributed by atoms with Crippen LogP contribution in [0.15, 0.2) is 48.5 Å². The molecular weight excluding hydrogens is 280 g/mol. The summed E-state index contributed by atoms with van der Waals surface area (Å²) in [5.41, 5.74) is 7.58. The van der Waals surface area contributed by atoms with E-state index in [0.717, 1.165) is 30.5 Å². The fourth-order valence-corrected chi connectivity index (χ4v) is 3.48. The Hall–Kier alpha value is -2.35. The van der Waals surface area contributed by atoms with Crippen LogP contribution in [0.25, 0.3) is 10.9 Å². The molecule has 0 amide bonds. The lowest BCUT2D eigenvalue weighted by Gasteiger charge is -2.21. The third kappa shape index (κ3) is 2.70. The molecule has 1 aliphatic rings. The average molecular weight is 302 g/mol. The summed E-state index contributed by atoms with van der Waals surface area (Å²) in [6.45, 7) is 2.19. The number of aryl methyl sites for hydroxylation is 2. The molecule has 2 aromatic carbocycles. The van der Waals surface area contributed by atoms with Gasteiger partial charge in [-0.2, -0.15) is 0 Å². The van der Waals surface area contributed by atoms with Crippen LogP contribution in [-0.4, -0.2) is 4.98 Å². The number of pyridine rings is 1. The monoisotopic (exact) mass is 302 g/mol. The van der Waals surface area contributed by atoms with Gasteiger partial charge in [0, 0.05) is 16.8 Å². The number of benzene rings is 2. The summed E-state index contributed by atoms with van der Waals surface area (Å²) >= 11 is 0. The zero-order valence-corrected chi connectivity index (χ0v) is 13.6. The highest BCUT2D eigenvalue weighted by Crippen LogP contribution is 2.35. The molecule has 0 atom stereocenters. The van der Waals surface area contributed by atoms with E-state index in [2.05, 4.69) is 60.8 Å². The van der Waals surface area contributed by atoms with Crippen molar-refractivity contribution in [1.29, 1.82) is 0 Å². The summed E-state index contributed by atoms with van der Waals surface area (Å²) in [6.07, 6.45) is 5.82. The van der Waals surface area contributed by atoms with Crippen molar-refractivity contribution in [1.82, 2.24) is 4.98 Å². The van der Waals surface area contributed by atoms with Gasteiger partial charge < -0.3 is 5.32 Å². The van der Waals surface area contributed by atoms with Crippen LogP contribution < -0.4 is 5.32 Å². The Balaban J connectivity index is 1.83. The first-order chi connectivity index (χ1) is 11.3. The van der Waals surface area contributed by atoms with Crippen molar-refractivity contribution >= 4 is 22.3 Å². The van der Waals surface area contributed by atoms with Gasteiger partial charge in [0.1, 0.15) is 0 Å². The second kappa shape index (κ2) is 6.04. The third-order valence-corrected chi connectivity index (χ3v) is 4.80. The Morgan fingerprint density at radius 3 is 2.57 bits per heavy atom. The third-order valence-electron chi connectivity index (χ3n) is 4.80. The minimum Gasteiger partial charge on any atom is -0.355 e. The van der Waals surface area contributed by atoms with Crippen molar-refractivity contribution in [3.8, 4) is 0 Å². The summed E-state index contributed by atoms with van der Waals surface area (Å²) in [4.78, 5) is 4.91. The highest BCUT2D eigenvalue weighted by molar-refractivity contribution is 5.95. The van der Waals surface area contributed by atoms with Crippen LogP contribution in [0.4, 0.5) is 11.4 Å². The molecule has 0 saturated carbocycles. The highest BCUT2D eigenvalue weighted by atomic mass is 14.9. The molecule has 1 aliphatic carbocycles. The Bertz CT molecular complexity index is 834. The van der Waals surface area contributed by atoms with Gasteiger partial charge in [-0.1, -0.05) is 37.3 Å². The van der Waals surface area contributed by atoms with Gasteiger partial charge in [-0.15, -0.1) is 0 Å². The molecule has 1 N–H and O–H groups in total. The summed E-state index contributed by atoms with van der Waals surface area (Å²) in [5, 5.41) is 4.92. The van der Waals surface area contributed by atoms with E-state index in [0.29, 0.717) is 0 Å². The topological polar surface area (TPSA) is 24.9 Å². The Kier molecular flexibility index (Phi) is 3.74. The zero-order chi connectivity index (χ0) is 15.6. The lowest BCUT2D eigenvalue weighted by Crippen LogP contribution is -2.09. The van der Waals surface area contributed by atoms with E-state index in [4.69, 9.17) is 4.98 Å². The maximum atomic E-state index is 4.91. The molecule has 1 aromatic heterocycles. The maximum absolute atomic E-state index is 4.91. The molecule has 0 fully saturated rings. The van der Waals surface area contributed by atoms with Crippen molar-refractivity contribution in [2.24, 2.45) is 0 Å². The van der Waals surface area contributed by atoms with E-state index in [1.807, 2.05) is 0 Å². The van der Waals surface area contributed by atoms with E-state index in [-0.39, 0.29) is 0 Å². The standard InChI is InChI=1S/C21H22N2/c1-2-15-11-13-16(14-12-15)22-21-17-7-3-5-9-19(17)23-20-10-6-4-8-18(20)21/h3,5,7,9,11-14H,2,4,6,8,10H2,1H3,(H,22,23). The number of para-hydroxylation sites is 1. The van der Waals surface area contributed by atoms with E-state index in [1.165, 1.54) is 40.7 Å². The van der Waals surface area contributed by atoms with Crippen LogP contribution in [0.2, 0.25) is 0 Å². The van der Waals surface area contributed by atoms with E-state index >= 15 is 0 Å². The molecule has 116 valence electrons. The quantitative estimate of drug-likeness (QED) is 0.698. The lowest BCUT2D eigenvalue weighted by atomic mass is 9.92. The van der Waals surface area contributed by atoms with Crippen LogP contribution in [0.3, 0.4) is 0 Å². The minimum atomic E-state index is 1.08. The number of nitrogens with one attached hydrogen (secondary N) is 1. The van der Waals surface area contributed by atoms with Crippen molar-refractivity contribution in [3.05, 3.63) is 65.4 Å². The molecule has 0 spiro atoms. The molecule has 0 unspecified atom stereocenters. The first-order valence-corrected chi connectivity index (χ1v) is 8.61. The number of fused-ring (bicyclic) bond motifs is 2. The molecule has 2 heteroatoms. The predicted octanol–water partition coefficient (Wildman–Crippen LogP) is 5.42. The number of anilines is 2. The molecule has 3 aromatic rings. The van der Waals surface area contributed by atoms with Crippen LogP contribution in [0.5, 0.6) is 0 Å². The van der Waals surface area contributed by atoms with Crippen molar-refractivity contribution in [2.75, 3.05) is 5.32 Å². The van der Waals surface area contributed by atoms with Gasteiger partial charge in [-0.3, -0.25) is 4.98 Å². The molecule has 2 nitrogen and oxygen atoms in total. The zero-order valence-electron chi connectivity index (χ0n) is 13.6. The van der Waals surface area contributed by atoms with Crippen molar-refractivity contribution in [3.63, 3.8) is 0 Å². The van der Waals surface area contributed by atoms with E-state index in [9.17, 15) is 0 Å². The van der Waals surface area contributed by atoms with Crippen LogP contribution in [0.1, 0.15) is 36.6 Å². The fourth-order valence-electron chi connectivity index (χ4n) is 3.48. The second-order valence-electron chi connectivity index (χ2n) is 6.31. The first kappa shape index (κ1) is 14.3. The van der Waals surface area contributed by atoms with E-state index in [1.54, 1.807) is 0 Å². The fraction of sp³-hybridized carbons (Fsp3) is 0.286. The van der Waals surface area contributed by atoms with Crippen molar-refractivity contribution in [2.45, 2.75) is 39.0 Å². The molecule has 1 heterocycles. The smallest absolute Gasteiger partial charge is 0.0726 e. The van der Waals surface area contributed by atoms with Gasteiger partial charge in [0.25, 0.3) is 0 Å². The molecule has 0 bridgehead atoms. The summed E-state index contributed by atoms with van der Waals surface area (Å²) < 4.78 is 0. The van der Waals surface area contributed by atoms with Gasteiger partial charge in [0.15, 0.2) is 0 Å². The number of nitrogens with zero attached hydrogens (tertiary/aromatic N) is 1. The van der Waals surface area contributed by atoms with E-state index < -0.39 is 0 Å². The van der Waals surface area contributed by atoms with Crippen LogP contribution in [-0.2, 0) is 19.3 Å². The molecule has 4 rings (SSSR count). The van der Waals surface area contributed by atoms with Gasteiger partial charge in [0.2, 0.25) is 0 Å². The molecule has 23 heavy (non-hydrogen) atoms. The lowest BCUT2D eigenvalue weighted by molar-refractivity contribution is 0.672. The number of aromatic nitrogens is 1. The molecule has 0 aliphatic heterocycles. The largest absolute Gasteiger partial charge is 0.355 e. The molecular formula is C21H22N2.